The van der Waals surface area contributed by atoms with Crippen LogP contribution in [0.1, 0.15) is 21.8 Å². The number of aromatic nitrogens is 1. The molecule has 2 aromatic carbocycles. The summed E-state index contributed by atoms with van der Waals surface area (Å²) in [6.45, 7) is 1.86. The summed E-state index contributed by atoms with van der Waals surface area (Å²) in [6.07, 6.45) is 0. The molecule has 23 heavy (non-hydrogen) atoms. The van der Waals surface area contributed by atoms with Crippen LogP contribution in [0, 0.1) is 6.92 Å². The molecule has 0 amide bonds. The summed E-state index contributed by atoms with van der Waals surface area (Å²) in [7, 11) is 0. The van der Waals surface area contributed by atoms with Crippen molar-refractivity contribution in [3.8, 4) is 11.5 Å². The SMILES string of the molecule is Cc1cc(COC(=O)c2ccc(Oc3ccccc3)cc2)no1. The average molecular weight is 309 g/mol. The summed E-state index contributed by atoms with van der Waals surface area (Å²) < 4.78 is 15.8. The lowest BCUT2D eigenvalue weighted by molar-refractivity contribution is 0.0464. The van der Waals surface area contributed by atoms with Gasteiger partial charge in [0.15, 0.2) is 0 Å². The number of carbonyl (C=O) groups is 1. The zero-order valence-electron chi connectivity index (χ0n) is 12.6. The van der Waals surface area contributed by atoms with E-state index in [4.69, 9.17) is 14.0 Å². The molecule has 0 spiro atoms. The predicted octanol–water partition coefficient (Wildman–Crippen LogP) is 4.13. The highest BCUT2D eigenvalue weighted by Gasteiger charge is 2.09. The second-order valence-corrected chi connectivity index (χ2v) is 4.94. The summed E-state index contributed by atoms with van der Waals surface area (Å²) in [6, 6.07) is 17.9. The van der Waals surface area contributed by atoms with E-state index in [1.165, 1.54) is 0 Å². The van der Waals surface area contributed by atoms with Gasteiger partial charge in [-0.15, -0.1) is 0 Å². The molecule has 3 rings (SSSR count). The number of benzene rings is 2. The number of para-hydroxylation sites is 1. The zero-order chi connectivity index (χ0) is 16.1. The van der Waals surface area contributed by atoms with Crippen LogP contribution in [0.5, 0.6) is 11.5 Å². The van der Waals surface area contributed by atoms with Crippen LogP contribution in [-0.4, -0.2) is 11.1 Å². The van der Waals surface area contributed by atoms with Crippen LogP contribution < -0.4 is 4.74 Å². The van der Waals surface area contributed by atoms with Crippen molar-refractivity contribution in [3.05, 3.63) is 77.7 Å². The molecule has 116 valence electrons. The molecule has 0 aliphatic heterocycles. The van der Waals surface area contributed by atoms with Crippen molar-refractivity contribution in [2.24, 2.45) is 0 Å². The number of rotatable bonds is 5. The predicted molar refractivity (Wildman–Crippen MR) is 83.3 cm³/mol. The molecular weight excluding hydrogens is 294 g/mol. The molecule has 0 saturated heterocycles. The number of esters is 1. The fraction of sp³-hybridized carbons (Fsp3) is 0.111. The second-order valence-electron chi connectivity index (χ2n) is 4.94. The van der Waals surface area contributed by atoms with Crippen molar-refractivity contribution in [1.82, 2.24) is 5.16 Å². The Morgan fingerprint density at radius 1 is 1.04 bits per heavy atom. The zero-order valence-corrected chi connectivity index (χ0v) is 12.6. The maximum Gasteiger partial charge on any atom is 0.338 e. The normalized spacial score (nSPS) is 10.3. The molecule has 5 heteroatoms. The minimum Gasteiger partial charge on any atom is -0.457 e. The Morgan fingerprint density at radius 3 is 2.39 bits per heavy atom. The first-order chi connectivity index (χ1) is 11.2. The van der Waals surface area contributed by atoms with E-state index >= 15 is 0 Å². The van der Waals surface area contributed by atoms with E-state index in [1.54, 1.807) is 37.3 Å². The summed E-state index contributed by atoms with van der Waals surface area (Å²) in [5, 5.41) is 3.77. The van der Waals surface area contributed by atoms with Crippen LogP contribution in [0.4, 0.5) is 0 Å². The van der Waals surface area contributed by atoms with Crippen LogP contribution in [0.25, 0.3) is 0 Å². The molecule has 0 atom stereocenters. The van der Waals surface area contributed by atoms with Gasteiger partial charge in [-0.1, -0.05) is 23.4 Å². The molecule has 5 nitrogen and oxygen atoms in total. The van der Waals surface area contributed by atoms with Gasteiger partial charge in [0.05, 0.1) is 5.56 Å². The summed E-state index contributed by atoms with van der Waals surface area (Å²) in [4.78, 5) is 12.0. The first kappa shape index (κ1) is 14.8. The van der Waals surface area contributed by atoms with E-state index in [2.05, 4.69) is 5.16 Å². The van der Waals surface area contributed by atoms with E-state index in [0.29, 0.717) is 22.8 Å². The largest absolute Gasteiger partial charge is 0.457 e. The lowest BCUT2D eigenvalue weighted by Crippen LogP contribution is -2.05. The van der Waals surface area contributed by atoms with E-state index in [9.17, 15) is 4.79 Å². The van der Waals surface area contributed by atoms with E-state index in [1.807, 2.05) is 30.3 Å². The number of nitrogens with zero attached hydrogens (tertiary/aromatic N) is 1. The fourth-order valence-electron chi connectivity index (χ4n) is 1.99. The van der Waals surface area contributed by atoms with E-state index < -0.39 is 5.97 Å². The molecule has 0 fully saturated rings. The molecule has 0 bridgehead atoms. The molecule has 0 radical (unpaired) electrons. The third-order valence-corrected chi connectivity index (χ3v) is 3.10. The molecule has 0 aliphatic carbocycles. The molecule has 3 aromatic rings. The van der Waals surface area contributed by atoms with Crippen molar-refractivity contribution in [2.45, 2.75) is 13.5 Å². The number of aryl methyl sites for hydroxylation is 1. The van der Waals surface area contributed by atoms with Crippen LogP contribution >= 0.6 is 0 Å². The van der Waals surface area contributed by atoms with Crippen molar-refractivity contribution in [1.29, 1.82) is 0 Å². The maximum atomic E-state index is 12.0. The van der Waals surface area contributed by atoms with Gasteiger partial charge in [0.1, 0.15) is 29.6 Å². The highest BCUT2D eigenvalue weighted by Crippen LogP contribution is 2.21. The Labute approximate surface area is 133 Å². The third kappa shape index (κ3) is 3.97. The van der Waals surface area contributed by atoms with Crippen molar-refractivity contribution >= 4 is 5.97 Å². The summed E-state index contributed by atoms with van der Waals surface area (Å²) in [5.41, 5.74) is 1.03. The summed E-state index contributed by atoms with van der Waals surface area (Å²) in [5.74, 6) is 1.65. The molecule has 1 aromatic heterocycles. The van der Waals surface area contributed by atoms with Gasteiger partial charge >= 0.3 is 5.97 Å². The molecule has 0 aliphatic rings. The smallest absolute Gasteiger partial charge is 0.338 e. The topological polar surface area (TPSA) is 61.6 Å². The van der Waals surface area contributed by atoms with Gasteiger partial charge < -0.3 is 14.0 Å². The standard InChI is InChI=1S/C18H15NO4/c1-13-11-15(19-23-13)12-21-18(20)14-7-9-17(10-8-14)22-16-5-3-2-4-6-16/h2-11H,12H2,1H3. The van der Waals surface area contributed by atoms with Crippen LogP contribution in [-0.2, 0) is 11.3 Å². The second kappa shape index (κ2) is 6.79. The van der Waals surface area contributed by atoms with Crippen molar-refractivity contribution < 1.29 is 18.8 Å². The lowest BCUT2D eigenvalue weighted by Gasteiger charge is -2.06. The quantitative estimate of drug-likeness (QED) is 0.663. The van der Waals surface area contributed by atoms with Gasteiger partial charge in [-0.25, -0.2) is 4.79 Å². The van der Waals surface area contributed by atoms with Crippen molar-refractivity contribution in [2.75, 3.05) is 0 Å². The first-order valence-electron chi connectivity index (χ1n) is 7.13. The fourth-order valence-corrected chi connectivity index (χ4v) is 1.99. The molecule has 0 N–H and O–H groups in total. The molecular formula is C18H15NO4. The summed E-state index contributed by atoms with van der Waals surface area (Å²) >= 11 is 0. The average Bonchev–Trinajstić information content (AvgIpc) is 3.00. The minimum absolute atomic E-state index is 0.0818. The Hall–Kier alpha value is -3.08. The molecule has 1 heterocycles. The Morgan fingerprint density at radius 2 is 1.74 bits per heavy atom. The van der Waals surface area contributed by atoms with Gasteiger partial charge in [-0.05, 0) is 43.3 Å². The lowest BCUT2D eigenvalue weighted by atomic mass is 10.2. The molecule has 0 unspecified atom stereocenters. The monoisotopic (exact) mass is 309 g/mol. The minimum atomic E-state index is -0.420. The van der Waals surface area contributed by atoms with Crippen LogP contribution in [0.2, 0.25) is 0 Å². The number of ether oxygens (including phenoxy) is 2. The van der Waals surface area contributed by atoms with Crippen LogP contribution in [0.15, 0.2) is 65.2 Å². The highest BCUT2D eigenvalue weighted by molar-refractivity contribution is 5.89. The Balaban J connectivity index is 1.59. The first-order valence-corrected chi connectivity index (χ1v) is 7.13. The van der Waals surface area contributed by atoms with Gasteiger partial charge in [0.25, 0.3) is 0 Å². The van der Waals surface area contributed by atoms with Gasteiger partial charge in [0, 0.05) is 6.07 Å². The van der Waals surface area contributed by atoms with Gasteiger partial charge in [-0.2, -0.15) is 0 Å². The van der Waals surface area contributed by atoms with Crippen LogP contribution in [0.3, 0.4) is 0 Å². The highest BCUT2D eigenvalue weighted by atomic mass is 16.5. The van der Waals surface area contributed by atoms with E-state index in [-0.39, 0.29) is 6.61 Å². The Kier molecular flexibility index (Phi) is 4.38. The Bertz CT molecular complexity index is 778. The van der Waals surface area contributed by atoms with Gasteiger partial charge in [0.2, 0.25) is 0 Å². The third-order valence-electron chi connectivity index (χ3n) is 3.10. The number of carbonyl (C=O) groups excluding carboxylic acids is 1. The molecule has 0 saturated carbocycles. The number of hydrogen-bond donors (Lipinski definition) is 0. The number of hydrogen-bond acceptors (Lipinski definition) is 5. The van der Waals surface area contributed by atoms with Crippen molar-refractivity contribution in [3.63, 3.8) is 0 Å². The van der Waals surface area contributed by atoms with Gasteiger partial charge in [-0.3, -0.25) is 0 Å². The maximum absolute atomic E-state index is 12.0. The van der Waals surface area contributed by atoms with E-state index in [0.717, 1.165) is 5.75 Å².